The fourth-order valence-electron chi connectivity index (χ4n) is 1.58. The average molecular weight is 178 g/mol. The van der Waals surface area contributed by atoms with Gasteiger partial charge in [-0.1, -0.05) is 6.08 Å². The summed E-state index contributed by atoms with van der Waals surface area (Å²) in [6.07, 6.45) is 5.96. The van der Waals surface area contributed by atoms with Gasteiger partial charge in [-0.3, -0.25) is 4.79 Å². The second-order valence-electron chi connectivity index (χ2n) is 3.58. The van der Waals surface area contributed by atoms with Crippen molar-refractivity contribution in [1.29, 1.82) is 5.26 Å². The minimum atomic E-state index is -1.08. The molecule has 1 unspecified atom stereocenters. The molecule has 0 aromatic rings. The maximum Gasteiger partial charge on any atom is 0.241 e. The number of nitriles is 1. The van der Waals surface area contributed by atoms with E-state index in [1.54, 1.807) is 6.92 Å². The summed E-state index contributed by atoms with van der Waals surface area (Å²) in [5.74, 6) is -0.539. The molecule has 0 saturated heterocycles. The molecular formula is C10H14N2O. The lowest BCUT2D eigenvalue weighted by atomic mass is 9.77. The van der Waals surface area contributed by atoms with E-state index >= 15 is 0 Å². The predicted octanol–water partition coefficient (Wildman–Crippen LogP) is 1.50. The second-order valence-corrected chi connectivity index (χ2v) is 3.58. The first-order chi connectivity index (χ1) is 6.11. The number of primary amides is 1. The molecule has 1 aliphatic carbocycles. The van der Waals surface area contributed by atoms with Crippen LogP contribution in [0.1, 0.15) is 32.6 Å². The van der Waals surface area contributed by atoms with Gasteiger partial charge in [-0.25, -0.2) is 0 Å². The van der Waals surface area contributed by atoms with E-state index in [4.69, 9.17) is 11.0 Å². The van der Waals surface area contributed by atoms with E-state index in [2.05, 4.69) is 0 Å². The van der Waals surface area contributed by atoms with Gasteiger partial charge in [0.1, 0.15) is 0 Å². The van der Waals surface area contributed by atoms with Crippen LogP contribution in [-0.2, 0) is 4.79 Å². The van der Waals surface area contributed by atoms with E-state index in [9.17, 15) is 4.79 Å². The zero-order valence-corrected chi connectivity index (χ0v) is 7.84. The van der Waals surface area contributed by atoms with Gasteiger partial charge in [0.15, 0.2) is 5.41 Å². The molecular weight excluding hydrogens is 164 g/mol. The highest BCUT2D eigenvalue weighted by molar-refractivity contribution is 5.86. The van der Waals surface area contributed by atoms with Crippen molar-refractivity contribution in [3.63, 3.8) is 0 Å². The Labute approximate surface area is 78.2 Å². The molecule has 0 fully saturated rings. The Morgan fingerprint density at radius 3 is 2.77 bits per heavy atom. The molecule has 0 aromatic heterocycles. The Bertz CT molecular complexity index is 288. The highest BCUT2D eigenvalue weighted by Crippen LogP contribution is 2.33. The van der Waals surface area contributed by atoms with Gasteiger partial charge in [0.2, 0.25) is 5.91 Å². The first-order valence-corrected chi connectivity index (χ1v) is 4.52. The van der Waals surface area contributed by atoms with Gasteiger partial charge >= 0.3 is 0 Å². The van der Waals surface area contributed by atoms with Gasteiger partial charge in [0.05, 0.1) is 6.07 Å². The van der Waals surface area contributed by atoms with E-state index in [0.29, 0.717) is 0 Å². The Morgan fingerprint density at radius 2 is 2.38 bits per heavy atom. The number of carbonyl (C=O) groups is 1. The van der Waals surface area contributed by atoms with Crippen LogP contribution in [0.2, 0.25) is 0 Å². The third-order valence-corrected chi connectivity index (χ3v) is 2.65. The molecule has 0 bridgehead atoms. The minimum absolute atomic E-state index is 0.539. The lowest BCUT2D eigenvalue weighted by molar-refractivity contribution is -0.122. The molecule has 1 aliphatic rings. The van der Waals surface area contributed by atoms with E-state index in [1.807, 2.05) is 12.1 Å². The molecule has 2 N–H and O–H groups in total. The summed E-state index contributed by atoms with van der Waals surface area (Å²) in [6, 6.07) is 2.00. The third-order valence-electron chi connectivity index (χ3n) is 2.65. The van der Waals surface area contributed by atoms with Crippen molar-refractivity contribution in [2.24, 2.45) is 11.1 Å². The Balaban J connectivity index is 2.95. The number of amides is 1. The van der Waals surface area contributed by atoms with Crippen LogP contribution < -0.4 is 5.73 Å². The summed E-state index contributed by atoms with van der Waals surface area (Å²) in [4.78, 5) is 11.1. The fraction of sp³-hybridized carbons (Fsp3) is 0.600. The topological polar surface area (TPSA) is 66.9 Å². The van der Waals surface area contributed by atoms with Gasteiger partial charge in [-0.15, -0.1) is 0 Å². The molecule has 70 valence electrons. The molecule has 0 aliphatic heterocycles. The molecule has 13 heavy (non-hydrogen) atoms. The van der Waals surface area contributed by atoms with E-state index in [0.717, 1.165) is 31.3 Å². The van der Waals surface area contributed by atoms with Crippen molar-refractivity contribution in [1.82, 2.24) is 0 Å². The van der Waals surface area contributed by atoms with Crippen molar-refractivity contribution in [2.75, 3.05) is 0 Å². The summed E-state index contributed by atoms with van der Waals surface area (Å²) in [6.45, 7) is 1.60. The number of allylic oxidation sites excluding steroid dienone is 1. The molecule has 1 amide bonds. The number of rotatable bonds is 2. The molecule has 1 rings (SSSR count). The molecule has 0 heterocycles. The van der Waals surface area contributed by atoms with E-state index in [1.165, 1.54) is 0 Å². The number of carbonyl (C=O) groups excluding carboxylic acids is 1. The molecule has 0 spiro atoms. The Morgan fingerprint density at radius 1 is 1.69 bits per heavy atom. The van der Waals surface area contributed by atoms with Crippen LogP contribution in [0.15, 0.2) is 11.6 Å². The van der Waals surface area contributed by atoms with Crippen molar-refractivity contribution in [2.45, 2.75) is 32.6 Å². The Kier molecular flexibility index (Phi) is 2.72. The number of nitrogens with two attached hydrogens (primary N) is 1. The van der Waals surface area contributed by atoms with Crippen LogP contribution in [0.5, 0.6) is 0 Å². The first-order valence-electron chi connectivity index (χ1n) is 4.52. The van der Waals surface area contributed by atoms with Gasteiger partial charge in [-0.2, -0.15) is 5.26 Å². The highest BCUT2D eigenvalue weighted by atomic mass is 16.1. The van der Waals surface area contributed by atoms with Gasteiger partial charge in [0, 0.05) is 0 Å². The highest BCUT2D eigenvalue weighted by Gasteiger charge is 2.35. The lowest BCUT2D eigenvalue weighted by Crippen LogP contribution is -2.35. The molecule has 0 saturated carbocycles. The third kappa shape index (κ3) is 1.72. The summed E-state index contributed by atoms with van der Waals surface area (Å²) in [7, 11) is 0. The number of hydrogen-bond acceptors (Lipinski definition) is 2. The summed E-state index contributed by atoms with van der Waals surface area (Å²) in [5.41, 5.74) is 5.02. The standard InChI is InChI=1S/C10H14N2O/c1-10(7-11,9(12)13)8-5-3-2-4-6-8/h5H,2-4,6H2,1H3,(H2,12,13). The van der Waals surface area contributed by atoms with Crippen LogP contribution in [0, 0.1) is 16.7 Å². The number of nitrogens with zero attached hydrogens (tertiary/aromatic N) is 1. The normalized spacial score (nSPS) is 21.1. The smallest absolute Gasteiger partial charge is 0.241 e. The van der Waals surface area contributed by atoms with E-state index < -0.39 is 11.3 Å². The van der Waals surface area contributed by atoms with Crippen LogP contribution in [0.25, 0.3) is 0 Å². The van der Waals surface area contributed by atoms with Crippen LogP contribution in [0.4, 0.5) is 0 Å². The largest absolute Gasteiger partial charge is 0.368 e. The van der Waals surface area contributed by atoms with Crippen molar-refractivity contribution >= 4 is 5.91 Å². The van der Waals surface area contributed by atoms with Crippen molar-refractivity contribution in [3.8, 4) is 6.07 Å². The first kappa shape index (κ1) is 9.79. The summed E-state index contributed by atoms with van der Waals surface area (Å²) < 4.78 is 0. The SMILES string of the molecule is CC(C#N)(C(N)=O)C1=CCCCC1. The van der Waals surface area contributed by atoms with Gasteiger partial charge in [-0.05, 0) is 38.2 Å². The van der Waals surface area contributed by atoms with Crippen LogP contribution >= 0.6 is 0 Å². The fourth-order valence-corrected chi connectivity index (χ4v) is 1.58. The van der Waals surface area contributed by atoms with Gasteiger partial charge < -0.3 is 5.73 Å². The molecule has 3 nitrogen and oxygen atoms in total. The maximum absolute atomic E-state index is 11.1. The molecule has 0 radical (unpaired) electrons. The van der Waals surface area contributed by atoms with Crippen LogP contribution in [0.3, 0.4) is 0 Å². The summed E-state index contributed by atoms with van der Waals surface area (Å²) in [5, 5.41) is 8.92. The quantitative estimate of drug-likeness (QED) is 0.651. The zero-order valence-electron chi connectivity index (χ0n) is 7.84. The van der Waals surface area contributed by atoms with Crippen molar-refractivity contribution < 1.29 is 4.79 Å². The Hall–Kier alpha value is -1.30. The molecule has 3 heteroatoms. The molecule has 0 aromatic carbocycles. The summed E-state index contributed by atoms with van der Waals surface area (Å²) >= 11 is 0. The maximum atomic E-state index is 11.1. The zero-order chi connectivity index (χ0) is 9.90. The minimum Gasteiger partial charge on any atom is -0.368 e. The predicted molar refractivity (Wildman–Crippen MR) is 49.5 cm³/mol. The average Bonchev–Trinajstić information content (AvgIpc) is 2.17. The monoisotopic (exact) mass is 178 g/mol. The lowest BCUT2D eigenvalue weighted by Gasteiger charge is -2.24. The van der Waals surface area contributed by atoms with Crippen LogP contribution in [-0.4, -0.2) is 5.91 Å². The van der Waals surface area contributed by atoms with Gasteiger partial charge in [0.25, 0.3) is 0 Å². The van der Waals surface area contributed by atoms with Crippen molar-refractivity contribution in [3.05, 3.63) is 11.6 Å². The van der Waals surface area contributed by atoms with E-state index in [-0.39, 0.29) is 0 Å². The molecule has 1 atom stereocenters. The number of hydrogen-bond donors (Lipinski definition) is 1. The second kappa shape index (κ2) is 3.61.